The lowest BCUT2D eigenvalue weighted by molar-refractivity contribution is -0.278. The molecule has 14 nitrogen and oxygen atoms in total. The molecule has 3 aromatic rings. The summed E-state index contributed by atoms with van der Waals surface area (Å²) < 4.78 is 22.5. The van der Waals surface area contributed by atoms with Crippen LogP contribution in [0.2, 0.25) is 0 Å². The lowest BCUT2D eigenvalue weighted by Crippen LogP contribution is -2.60. The molecule has 9 atom stereocenters. The highest BCUT2D eigenvalue weighted by atomic mass is 16.7. The van der Waals surface area contributed by atoms with Crippen molar-refractivity contribution in [3.8, 4) is 28.6 Å². The molecule has 2 aromatic carbocycles. The lowest BCUT2D eigenvalue weighted by atomic mass is 9.92. The van der Waals surface area contributed by atoms with Gasteiger partial charge in [0.2, 0.25) is 6.29 Å². The van der Waals surface area contributed by atoms with Gasteiger partial charge in [0.25, 0.3) is 0 Å². The maximum atomic E-state index is 13.2. The van der Waals surface area contributed by atoms with E-state index in [1.54, 1.807) is 0 Å². The molecule has 40 heavy (non-hydrogen) atoms. The molecule has 2 fully saturated rings. The van der Waals surface area contributed by atoms with Crippen LogP contribution in [0.25, 0.3) is 22.3 Å². The zero-order valence-electron chi connectivity index (χ0n) is 20.6. The molecule has 216 valence electrons. The number of hydrogen-bond acceptors (Lipinski definition) is 14. The van der Waals surface area contributed by atoms with E-state index in [4.69, 9.17) is 18.6 Å². The molecule has 3 heterocycles. The summed E-state index contributed by atoms with van der Waals surface area (Å²) in [5, 5.41) is 91.6. The number of ether oxygens (including phenoxy) is 3. The third-order valence-electron chi connectivity index (χ3n) is 7.02. The van der Waals surface area contributed by atoms with Crippen LogP contribution in [0.5, 0.6) is 17.2 Å². The number of benzene rings is 2. The molecule has 0 bridgehead atoms. The Labute approximate surface area is 225 Å². The average molecular weight is 564 g/mol. The quantitative estimate of drug-likeness (QED) is 0.166. The summed E-state index contributed by atoms with van der Waals surface area (Å²) in [4.78, 5) is 13.2. The first-order chi connectivity index (χ1) is 19.0. The first-order valence-corrected chi connectivity index (χ1v) is 12.3. The first-order valence-electron chi connectivity index (χ1n) is 12.3. The second-order valence-electron chi connectivity index (χ2n) is 9.65. The van der Waals surface area contributed by atoms with Gasteiger partial charge in [-0.15, -0.1) is 0 Å². The highest BCUT2D eigenvalue weighted by Gasteiger charge is 2.46. The van der Waals surface area contributed by atoms with Crippen molar-refractivity contribution in [3.05, 3.63) is 52.2 Å². The van der Waals surface area contributed by atoms with E-state index in [9.17, 15) is 50.8 Å². The third kappa shape index (κ3) is 4.89. The van der Waals surface area contributed by atoms with Gasteiger partial charge in [0, 0.05) is 17.7 Å². The van der Waals surface area contributed by atoms with Gasteiger partial charge < -0.3 is 64.6 Å². The Morgan fingerprint density at radius 2 is 1.57 bits per heavy atom. The molecular weight excluding hydrogens is 536 g/mol. The van der Waals surface area contributed by atoms with E-state index >= 15 is 0 Å². The maximum absolute atomic E-state index is 13.2. The predicted molar refractivity (Wildman–Crippen MR) is 132 cm³/mol. The van der Waals surface area contributed by atoms with E-state index in [0.29, 0.717) is 5.56 Å². The normalized spacial score (nSPS) is 32.7. The Kier molecular flexibility index (Phi) is 7.71. The van der Waals surface area contributed by atoms with Crippen LogP contribution in [0.3, 0.4) is 0 Å². The molecule has 1 aromatic heterocycles. The minimum absolute atomic E-state index is 0.0252. The SMILES string of the molecule is O=c1cc(-c2ccc(O)cc2)oc2cc(O[C@@H]3O[C@H](CO)[C@@H](O)[C@H](O)[C@H]3O)c([C@H]3OC[C@H](O)[C@H](O)[C@H]3O)c(O)c12. The highest BCUT2D eigenvalue weighted by molar-refractivity contribution is 5.88. The molecule has 0 aliphatic carbocycles. The van der Waals surface area contributed by atoms with Crippen molar-refractivity contribution in [2.75, 3.05) is 13.2 Å². The first kappa shape index (κ1) is 28.2. The van der Waals surface area contributed by atoms with Crippen LogP contribution in [0.1, 0.15) is 11.7 Å². The summed E-state index contributed by atoms with van der Waals surface area (Å²) in [6, 6.07) is 7.93. The molecule has 2 aliphatic heterocycles. The second kappa shape index (κ2) is 10.9. The van der Waals surface area contributed by atoms with Crippen LogP contribution >= 0.6 is 0 Å². The van der Waals surface area contributed by atoms with Crippen molar-refractivity contribution in [1.29, 1.82) is 0 Å². The van der Waals surface area contributed by atoms with E-state index in [-0.39, 0.29) is 33.8 Å². The average Bonchev–Trinajstić information content (AvgIpc) is 2.93. The van der Waals surface area contributed by atoms with Gasteiger partial charge in [-0.05, 0) is 24.3 Å². The molecule has 9 N–H and O–H groups in total. The summed E-state index contributed by atoms with van der Waals surface area (Å²) >= 11 is 0. The lowest BCUT2D eigenvalue weighted by Gasteiger charge is -2.40. The van der Waals surface area contributed by atoms with E-state index in [0.717, 1.165) is 12.1 Å². The van der Waals surface area contributed by atoms with E-state index in [2.05, 4.69) is 0 Å². The van der Waals surface area contributed by atoms with Crippen LogP contribution in [0.15, 0.2) is 45.6 Å². The molecule has 0 amide bonds. The minimum atomic E-state index is -1.86. The maximum Gasteiger partial charge on any atom is 0.229 e. The van der Waals surface area contributed by atoms with Crippen LogP contribution in [0, 0.1) is 0 Å². The Balaban J connectivity index is 1.66. The number of fused-ring (bicyclic) bond motifs is 1. The van der Waals surface area contributed by atoms with Crippen molar-refractivity contribution in [2.45, 2.75) is 55.1 Å². The van der Waals surface area contributed by atoms with Gasteiger partial charge >= 0.3 is 0 Å². The molecule has 5 rings (SSSR count). The van der Waals surface area contributed by atoms with Gasteiger partial charge in [0.1, 0.15) is 82.8 Å². The number of phenolic OH excluding ortho intramolecular Hbond substituents is 2. The van der Waals surface area contributed by atoms with Gasteiger partial charge in [0.05, 0.1) is 18.8 Å². The molecule has 14 heteroatoms. The van der Waals surface area contributed by atoms with E-state index < -0.39 is 79.5 Å². The zero-order chi connectivity index (χ0) is 28.9. The van der Waals surface area contributed by atoms with Crippen molar-refractivity contribution >= 4 is 11.0 Å². The van der Waals surface area contributed by atoms with E-state index in [1.165, 1.54) is 24.3 Å². The Morgan fingerprint density at radius 1 is 0.875 bits per heavy atom. The fourth-order valence-electron chi connectivity index (χ4n) is 4.79. The molecular formula is C26H28O14. The number of hydrogen-bond donors (Lipinski definition) is 9. The molecule has 2 aliphatic rings. The van der Waals surface area contributed by atoms with Gasteiger partial charge in [-0.2, -0.15) is 0 Å². The summed E-state index contributed by atoms with van der Waals surface area (Å²) in [5.74, 6) is -1.12. The molecule has 0 spiro atoms. The largest absolute Gasteiger partial charge is 0.508 e. The zero-order valence-corrected chi connectivity index (χ0v) is 20.6. The van der Waals surface area contributed by atoms with Crippen LogP contribution < -0.4 is 10.2 Å². The van der Waals surface area contributed by atoms with Crippen LogP contribution in [-0.2, 0) is 9.47 Å². The number of rotatable bonds is 5. The van der Waals surface area contributed by atoms with Crippen molar-refractivity contribution < 1.29 is 64.6 Å². The van der Waals surface area contributed by atoms with Gasteiger partial charge in [-0.1, -0.05) is 0 Å². The summed E-state index contributed by atoms with van der Waals surface area (Å²) in [6.07, 6.45) is -15.0. The van der Waals surface area contributed by atoms with Gasteiger partial charge in [0.15, 0.2) is 5.43 Å². The third-order valence-corrected chi connectivity index (χ3v) is 7.02. The fourth-order valence-corrected chi connectivity index (χ4v) is 4.79. The summed E-state index contributed by atoms with van der Waals surface area (Å²) in [6.45, 7) is -1.21. The van der Waals surface area contributed by atoms with Crippen LogP contribution in [0.4, 0.5) is 0 Å². The fraction of sp³-hybridized carbons (Fsp3) is 0.423. The minimum Gasteiger partial charge on any atom is -0.508 e. The summed E-state index contributed by atoms with van der Waals surface area (Å²) in [5.41, 5.74) is -0.900. The highest BCUT2D eigenvalue weighted by Crippen LogP contribution is 2.45. The molecule has 0 saturated carbocycles. The number of aromatic hydroxyl groups is 2. The standard InChI is InChI=1S/C26H28O14/c27-7-16-20(32)22(34)24(36)26(40-16)39-15-6-14-17(11(29)5-13(38-14)9-1-3-10(28)4-2-9)21(33)18(15)25-23(35)19(31)12(30)8-37-25/h1-6,12,16,19-20,22-28,30-36H,7-8H2/t12-,16+,19-,20+,22-,23+,24+,25+,26+/m0/s1. The number of phenols is 2. The van der Waals surface area contributed by atoms with Crippen LogP contribution in [-0.4, -0.2) is 108 Å². The van der Waals surface area contributed by atoms with Gasteiger partial charge in [-0.25, -0.2) is 0 Å². The smallest absolute Gasteiger partial charge is 0.229 e. The Hall–Kier alpha value is -3.31. The topological polar surface area (TPSA) is 240 Å². The number of aliphatic hydroxyl groups excluding tert-OH is 7. The van der Waals surface area contributed by atoms with Crippen molar-refractivity contribution in [3.63, 3.8) is 0 Å². The molecule has 0 radical (unpaired) electrons. The Bertz CT molecular complexity index is 1420. The van der Waals surface area contributed by atoms with Gasteiger partial charge in [-0.3, -0.25) is 4.79 Å². The monoisotopic (exact) mass is 564 g/mol. The number of aliphatic hydroxyl groups is 7. The predicted octanol–water partition coefficient (Wildman–Crippen LogP) is -1.80. The second-order valence-corrected chi connectivity index (χ2v) is 9.65. The molecule has 2 saturated heterocycles. The van der Waals surface area contributed by atoms with E-state index in [1.807, 2.05) is 0 Å². The molecule has 0 unspecified atom stereocenters. The Morgan fingerprint density at radius 3 is 2.25 bits per heavy atom. The van der Waals surface area contributed by atoms with Crippen molar-refractivity contribution in [2.24, 2.45) is 0 Å². The summed E-state index contributed by atoms with van der Waals surface area (Å²) in [7, 11) is 0. The van der Waals surface area contributed by atoms with Crippen molar-refractivity contribution in [1.82, 2.24) is 0 Å².